The summed E-state index contributed by atoms with van der Waals surface area (Å²) < 4.78 is 11.5. The molecule has 1 aliphatic rings. The largest absolute Gasteiger partial charge is 0.616 e. The Hall–Kier alpha value is -2.85. The lowest BCUT2D eigenvalue weighted by molar-refractivity contribution is -0.125. The molecule has 2 heterocycles. The number of aromatic nitrogens is 2. The Labute approximate surface area is 178 Å². The predicted octanol–water partition coefficient (Wildman–Crippen LogP) is 1.59. The quantitative estimate of drug-likeness (QED) is 0.616. The zero-order valence-corrected chi connectivity index (χ0v) is 17.9. The van der Waals surface area contributed by atoms with Gasteiger partial charge in [0.25, 0.3) is 0 Å². The number of nitrogens with one attached hydrogen (secondary N) is 2. The maximum absolute atomic E-state index is 12.5. The number of piperidine rings is 1. The number of nitrogen functional groups attached to an aromatic ring is 1. The molecule has 3 rings (SSSR count). The van der Waals surface area contributed by atoms with E-state index < -0.39 is 11.2 Å². The van der Waals surface area contributed by atoms with Crippen LogP contribution in [0.4, 0.5) is 16.3 Å². The highest BCUT2D eigenvalue weighted by Crippen LogP contribution is 2.22. The van der Waals surface area contributed by atoms with Crippen LogP contribution in [0.15, 0.2) is 30.3 Å². The maximum Gasteiger partial charge on any atom is 0.321 e. The lowest BCUT2D eigenvalue weighted by Crippen LogP contribution is -2.44. The molecule has 1 aliphatic heterocycles. The van der Waals surface area contributed by atoms with E-state index in [4.69, 9.17) is 5.73 Å². The van der Waals surface area contributed by atoms with Crippen molar-refractivity contribution in [1.29, 1.82) is 0 Å². The van der Waals surface area contributed by atoms with Crippen LogP contribution in [0.3, 0.4) is 0 Å². The number of anilines is 2. The maximum atomic E-state index is 12.5. The van der Waals surface area contributed by atoms with Crippen LogP contribution in [0.5, 0.6) is 0 Å². The molecule has 4 N–H and O–H groups in total. The third-order valence-corrected chi connectivity index (χ3v) is 5.65. The Balaban J connectivity index is 1.62. The van der Waals surface area contributed by atoms with Crippen LogP contribution in [0.1, 0.15) is 18.5 Å². The van der Waals surface area contributed by atoms with Gasteiger partial charge in [-0.1, -0.05) is 11.2 Å². The Kier molecular flexibility index (Phi) is 7.11. The first-order chi connectivity index (χ1) is 14.4. The van der Waals surface area contributed by atoms with Gasteiger partial charge in [0.1, 0.15) is 11.6 Å². The normalized spacial score (nSPS) is 15.5. The van der Waals surface area contributed by atoms with Gasteiger partial charge in [-0.3, -0.25) is 4.79 Å². The van der Waals surface area contributed by atoms with E-state index in [0.717, 1.165) is 5.56 Å². The molecule has 3 amide bonds. The van der Waals surface area contributed by atoms with Crippen molar-refractivity contribution in [3.05, 3.63) is 36.0 Å². The third kappa shape index (κ3) is 5.61. The van der Waals surface area contributed by atoms with E-state index in [-0.39, 0.29) is 17.9 Å². The highest BCUT2D eigenvalue weighted by Gasteiger charge is 2.26. The first kappa shape index (κ1) is 21.8. The number of nitrogens with two attached hydrogens (primary N) is 1. The molecule has 0 saturated carbocycles. The molecule has 0 aliphatic carbocycles. The van der Waals surface area contributed by atoms with E-state index in [1.54, 1.807) is 48.5 Å². The van der Waals surface area contributed by atoms with Crippen LogP contribution in [0.25, 0.3) is 11.4 Å². The van der Waals surface area contributed by atoms with Crippen molar-refractivity contribution in [3.8, 4) is 11.4 Å². The smallest absolute Gasteiger partial charge is 0.321 e. The first-order valence-electron chi connectivity index (χ1n) is 9.67. The second-order valence-electron chi connectivity index (χ2n) is 7.21. The van der Waals surface area contributed by atoms with Gasteiger partial charge in [-0.25, -0.2) is 14.8 Å². The zero-order chi connectivity index (χ0) is 21.7. The van der Waals surface area contributed by atoms with E-state index in [9.17, 15) is 14.1 Å². The van der Waals surface area contributed by atoms with E-state index in [2.05, 4.69) is 20.6 Å². The molecule has 1 saturated heterocycles. The Morgan fingerprint density at radius 3 is 2.50 bits per heavy atom. The van der Waals surface area contributed by atoms with Gasteiger partial charge in [0.15, 0.2) is 5.82 Å². The number of hydrogen-bond donors (Lipinski definition) is 3. The molecule has 10 heteroatoms. The Bertz CT molecular complexity index is 898. The van der Waals surface area contributed by atoms with Gasteiger partial charge in [0.05, 0.1) is 11.9 Å². The lowest BCUT2D eigenvalue weighted by atomic mass is 9.96. The summed E-state index contributed by atoms with van der Waals surface area (Å²) >= 11 is -1.03. The van der Waals surface area contributed by atoms with E-state index in [1.807, 2.05) is 0 Å². The summed E-state index contributed by atoms with van der Waals surface area (Å²) in [5.41, 5.74) is 7.87. The van der Waals surface area contributed by atoms with Gasteiger partial charge < -0.3 is 25.8 Å². The topological polar surface area (TPSA) is 136 Å². The summed E-state index contributed by atoms with van der Waals surface area (Å²) in [6.07, 6.45) is 2.92. The fraction of sp³-hybridized carbons (Fsp3) is 0.400. The summed E-state index contributed by atoms with van der Waals surface area (Å²) in [7, 11) is 1.63. The van der Waals surface area contributed by atoms with Crippen molar-refractivity contribution in [2.75, 3.05) is 37.4 Å². The third-order valence-electron chi connectivity index (χ3n) is 4.94. The minimum atomic E-state index is -1.03. The van der Waals surface area contributed by atoms with Gasteiger partial charge in [-0.15, -0.1) is 0 Å². The molecule has 0 spiro atoms. The highest BCUT2D eigenvalue weighted by molar-refractivity contribution is 7.89. The zero-order valence-electron chi connectivity index (χ0n) is 17.1. The molecule has 2 aromatic rings. The Morgan fingerprint density at radius 1 is 1.23 bits per heavy atom. The van der Waals surface area contributed by atoms with Crippen LogP contribution in [0.2, 0.25) is 0 Å². The number of carbonyl (C=O) groups excluding carboxylic acids is 2. The summed E-state index contributed by atoms with van der Waals surface area (Å²) in [5.74, 6) is 1.07. The van der Waals surface area contributed by atoms with Crippen molar-refractivity contribution in [1.82, 2.24) is 20.2 Å². The van der Waals surface area contributed by atoms with Gasteiger partial charge in [0, 0.05) is 43.4 Å². The van der Waals surface area contributed by atoms with Crippen molar-refractivity contribution in [3.63, 3.8) is 0 Å². The molecular formula is C20H26N6O3S. The van der Waals surface area contributed by atoms with Gasteiger partial charge in [0.2, 0.25) is 5.91 Å². The first-order valence-corrected chi connectivity index (χ1v) is 11.4. The van der Waals surface area contributed by atoms with Crippen molar-refractivity contribution >= 4 is 34.6 Å². The van der Waals surface area contributed by atoms with Crippen LogP contribution >= 0.6 is 0 Å². The van der Waals surface area contributed by atoms with Crippen LogP contribution in [-0.2, 0) is 21.7 Å². The monoisotopic (exact) mass is 430 g/mol. The fourth-order valence-corrected chi connectivity index (χ4v) is 3.95. The van der Waals surface area contributed by atoms with Crippen molar-refractivity contribution in [2.24, 2.45) is 5.92 Å². The second-order valence-corrected chi connectivity index (χ2v) is 8.64. The predicted molar refractivity (Wildman–Crippen MR) is 117 cm³/mol. The van der Waals surface area contributed by atoms with E-state index >= 15 is 0 Å². The summed E-state index contributed by atoms with van der Waals surface area (Å²) in [6.45, 7) is 1.08. The number of likely N-dealkylation sites (tertiary alicyclic amines) is 1. The number of benzene rings is 1. The number of carbonyl (C=O) groups is 2. The van der Waals surface area contributed by atoms with E-state index in [0.29, 0.717) is 54.7 Å². The van der Waals surface area contributed by atoms with Crippen LogP contribution in [-0.4, -0.2) is 57.8 Å². The summed E-state index contributed by atoms with van der Waals surface area (Å²) in [6, 6.07) is 8.58. The SMILES string of the molecule is CNC(=O)C1CCN(C(=O)Nc2ccc(-c3nc(N)cc(C[S+](C)[O-])n3)cc2)CC1. The molecular weight excluding hydrogens is 404 g/mol. The standard InChI is InChI=1S/C20H26N6O3S/c1-22-19(27)14-7-9-26(10-8-14)20(28)24-15-5-3-13(4-6-15)18-23-16(12-30(2)29)11-17(21)25-18/h3-6,11,14H,7-10,12H2,1-2H3,(H,22,27)(H,24,28)(H2,21,23,25). The van der Waals surface area contributed by atoms with Gasteiger partial charge >= 0.3 is 6.03 Å². The molecule has 0 radical (unpaired) electrons. The molecule has 1 unspecified atom stereocenters. The molecule has 30 heavy (non-hydrogen) atoms. The van der Waals surface area contributed by atoms with Crippen LogP contribution in [0, 0.1) is 5.92 Å². The number of urea groups is 1. The van der Waals surface area contributed by atoms with Gasteiger partial charge in [-0.05, 0) is 37.1 Å². The summed E-state index contributed by atoms with van der Waals surface area (Å²) in [4.78, 5) is 34.6. The summed E-state index contributed by atoms with van der Waals surface area (Å²) in [5, 5.41) is 5.54. The minimum absolute atomic E-state index is 0.0303. The molecule has 1 aromatic carbocycles. The second kappa shape index (κ2) is 9.77. The van der Waals surface area contributed by atoms with E-state index in [1.165, 1.54) is 0 Å². The average Bonchev–Trinajstić information content (AvgIpc) is 2.73. The lowest BCUT2D eigenvalue weighted by Gasteiger charge is -2.31. The molecule has 160 valence electrons. The van der Waals surface area contributed by atoms with Gasteiger partial charge in [-0.2, -0.15) is 0 Å². The number of rotatable bonds is 5. The molecule has 1 aromatic heterocycles. The molecule has 9 nitrogen and oxygen atoms in total. The minimum Gasteiger partial charge on any atom is -0.616 e. The van der Waals surface area contributed by atoms with Crippen molar-refractivity contribution < 1.29 is 14.1 Å². The molecule has 0 bridgehead atoms. The number of amides is 3. The average molecular weight is 431 g/mol. The molecule has 1 fully saturated rings. The Morgan fingerprint density at radius 2 is 1.90 bits per heavy atom. The van der Waals surface area contributed by atoms with Crippen LogP contribution < -0.4 is 16.4 Å². The molecule has 1 atom stereocenters. The number of nitrogens with zero attached hydrogens (tertiary/aromatic N) is 3. The highest BCUT2D eigenvalue weighted by atomic mass is 32.2. The number of hydrogen-bond acceptors (Lipinski definition) is 6. The van der Waals surface area contributed by atoms with Crippen molar-refractivity contribution in [2.45, 2.75) is 18.6 Å². The fourth-order valence-electron chi connectivity index (χ4n) is 3.38.